The molecule has 7 nitrogen and oxygen atoms in total. The van der Waals surface area contributed by atoms with Crippen LogP contribution in [0.5, 0.6) is 0 Å². The highest BCUT2D eigenvalue weighted by molar-refractivity contribution is 7.89. The molecule has 0 bridgehead atoms. The molecule has 2 aliphatic heterocycles. The van der Waals surface area contributed by atoms with E-state index in [1.54, 1.807) is 17.0 Å². The molecule has 1 N–H and O–H groups in total. The third-order valence-corrected chi connectivity index (χ3v) is 6.91. The zero-order valence-electron chi connectivity index (χ0n) is 17.0. The van der Waals surface area contributed by atoms with Crippen molar-refractivity contribution in [1.82, 2.24) is 14.5 Å². The Morgan fingerprint density at radius 1 is 1.28 bits per heavy atom. The van der Waals surface area contributed by atoms with Crippen LogP contribution in [0.2, 0.25) is 0 Å². The summed E-state index contributed by atoms with van der Waals surface area (Å²) >= 11 is 0. The fourth-order valence-electron chi connectivity index (χ4n) is 4.31. The highest BCUT2D eigenvalue weighted by atomic mass is 32.2. The summed E-state index contributed by atoms with van der Waals surface area (Å²) in [6.45, 7) is 4.79. The summed E-state index contributed by atoms with van der Waals surface area (Å²) in [6.07, 6.45) is 5.13. The lowest BCUT2D eigenvalue weighted by molar-refractivity contribution is -0.128. The van der Waals surface area contributed by atoms with Crippen LogP contribution in [0, 0.1) is 11.8 Å². The van der Waals surface area contributed by atoms with E-state index in [2.05, 4.69) is 5.32 Å². The Kier molecular flexibility index (Phi) is 5.02. The second-order valence-corrected chi connectivity index (χ2v) is 10.4. The fraction of sp³-hybridized carbons (Fsp3) is 0.524. The SMILES string of the molecule is CC(C)[C@H]1C(=O)N(S(C)(=O)=O)C2=CCN(C(=O)c3cccc(CNC4CC4)c3)[C@@H]21. The Bertz CT molecular complexity index is 981. The summed E-state index contributed by atoms with van der Waals surface area (Å²) in [4.78, 5) is 27.8. The lowest BCUT2D eigenvalue weighted by Crippen LogP contribution is -2.43. The molecule has 8 heteroatoms. The predicted molar refractivity (Wildman–Crippen MR) is 109 cm³/mol. The van der Waals surface area contributed by atoms with Gasteiger partial charge in [-0.2, -0.15) is 0 Å². The maximum Gasteiger partial charge on any atom is 0.254 e. The van der Waals surface area contributed by atoms with Crippen molar-refractivity contribution in [3.05, 3.63) is 47.2 Å². The Balaban J connectivity index is 1.60. The molecule has 1 saturated carbocycles. The van der Waals surface area contributed by atoms with Gasteiger partial charge in [0, 0.05) is 24.7 Å². The van der Waals surface area contributed by atoms with Crippen LogP contribution in [0.4, 0.5) is 0 Å². The largest absolute Gasteiger partial charge is 0.325 e. The number of hydrogen-bond acceptors (Lipinski definition) is 5. The quantitative estimate of drug-likeness (QED) is 0.762. The summed E-state index contributed by atoms with van der Waals surface area (Å²) in [5.41, 5.74) is 2.01. The van der Waals surface area contributed by atoms with Gasteiger partial charge in [0.1, 0.15) is 0 Å². The minimum Gasteiger partial charge on any atom is -0.325 e. The van der Waals surface area contributed by atoms with Crippen molar-refractivity contribution in [3.63, 3.8) is 0 Å². The van der Waals surface area contributed by atoms with E-state index in [9.17, 15) is 18.0 Å². The molecule has 2 heterocycles. The van der Waals surface area contributed by atoms with Gasteiger partial charge in [0.05, 0.1) is 23.9 Å². The van der Waals surface area contributed by atoms with Crippen LogP contribution in [0.3, 0.4) is 0 Å². The van der Waals surface area contributed by atoms with E-state index in [1.165, 1.54) is 12.8 Å². The van der Waals surface area contributed by atoms with Crippen LogP contribution in [-0.2, 0) is 21.4 Å². The van der Waals surface area contributed by atoms with Gasteiger partial charge in [-0.15, -0.1) is 0 Å². The molecule has 3 aliphatic rings. The van der Waals surface area contributed by atoms with Crippen LogP contribution in [0.1, 0.15) is 42.6 Å². The van der Waals surface area contributed by atoms with E-state index in [-0.39, 0.29) is 11.8 Å². The summed E-state index contributed by atoms with van der Waals surface area (Å²) in [6, 6.07) is 7.54. The Hall–Kier alpha value is -2.19. The standard InChI is InChI=1S/C21H27N3O4S/c1-13(2)18-19-17(24(21(18)26)29(3,27)28)9-10-23(19)20(25)15-6-4-5-14(11-15)12-22-16-7-8-16/h4-6,9,11,13,16,18-19,22H,7-8,10,12H2,1-3H3/t18-,19+/m1/s1. The lowest BCUT2D eigenvalue weighted by atomic mass is 9.89. The normalized spacial score (nSPS) is 24.3. The second kappa shape index (κ2) is 7.25. The molecule has 2 atom stereocenters. The van der Waals surface area contributed by atoms with Crippen molar-refractivity contribution < 1.29 is 18.0 Å². The number of fused-ring (bicyclic) bond motifs is 1. The molecular weight excluding hydrogens is 390 g/mol. The van der Waals surface area contributed by atoms with Crippen molar-refractivity contribution in [2.75, 3.05) is 12.8 Å². The fourth-order valence-corrected chi connectivity index (χ4v) is 5.32. The van der Waals surface area contributed by atoms with Crippen LogP contribution < -0.4 is 5.32 Å². The molecule has 156 valence electrons. The van der Waals surface area contributed by atoms with E-state index in [4.69, 9.17) is 0 Å². The van der Waals surface area contributed by atoms with Crippen molar-refractivity contribution in [2.24, 2.45) is 11.8 Å². The average Bonchev–Trinajstić information content (AvgIpc) is 3.31. The third-order valence-electron chi connectivity index (χ3n) is 5.85. The van der Waals surface area contributed by atoms with Crippen molar-refractivity contribution >= 4 is 21.8 Å². The Labute approximate surface area is 171 Å². The van der Waals surface area contributed by atoms with Gasteiger partial charge in [-0.3, -0.25) is 9.59 Å². The maximum absolute atomic E-state index is 13.3. The molecule has 1 saturated heterocycles. The maximum atomic E-state index is 13.3. The molecule has 1 aliphatic carbocycles. The first-order chi connectivity index (χ1) is 13.7. The first-order valence-corrected chi connectivity index (χ1v) is 11.9. The molecule has 2 fully saturated rings. The monoisotopic (exact) mass is 417 g/mol. The van der Waals surface area contributed by atoms with Crippen molar-refractivity contribution in [2.45, 2.75) is 45.3 Å². The van der Waals surface area contributed by atoms with E-state index in [0.717, 1.165) is 16.1 Å². The minimum absolute atomic E-state index is 0.0925. The molecule has 2 amide bonds. The topological polar surface area (TPSA) is 86.8 Å². The van der Waals surface area contributed by atoms with E-state index < -0.39 is 27.9 Å². The lowest BCUT2D eigenvalue weighted by Gasteiger charge is -2.29. The van der Waals surface area contributed by atoms with Gasteiger partial charge in [-0.1, -0.05) is 26.0 Å². The van der Waals surface area contributed by atoms with Gasteiger partial charge < -0.3 is 10.2 Å². The highest BCUT2D eigenvalue weighted by Crippen LogP contribution is 2.41. The van der Waals surface area contributed by atoms with Gasteiger partial charge in [-0.05, 0) is 42.5 Å². The number of sulfonamides is 1. The number of rotatable bonds is 6. The Morgan fingerprint density at radius 3 is 2.62 bits per heavy atom. The minimum atomic E-state index is -3.73. The average molecular weight is 418 g/mol. The number of carbonyl (C=O) groups excluding carboxylic acids is 2. The van der Waals surface area contributed by atoms with Crippen LogP contribution >= 0.6 is 0 Å². The molecule has 0 spiro atoms. The van der Waals surface area contributed by atoms with E-state index in [1.807, 2.05) is 32.0 Å². The van der Waals surface area contributed by atoms with Crippen molar-refractivity contribution in [3.8, 4) is 0 Å². The Morgan fingerprint density at radius 2 is 2.00 bits per heavy atom. The summed E-state index contributed by atoms with van der Waals surface area (Å²) in [5, 5.41) is 3.44. The molecule has 4 rings (SSSR count). The third kappa shape index (κ3) is 3.71. The van der Waals surface area contributed by atoms with Gasteiger partial charge >= 0.3 is 0 Å². The summed E-state index contributed by atoms with van der Waals surface area (Å²) in [5.74, 6) is -1.28. The van der Waals surface area contributed by atoms with Crippen molar-refractivity contribution in [1.29, 1.82) is 0 Å². The molecule has 29 heavy (non-hydrogen) atoms. The molecular formula is C21H27N3O4S. The van der Waals surface area contributed by atoms with E-state index >= 15 is 0 Å². The summed E-state index contributed by atoms with van der Waals surface area (Å²) in [7, 11) is -3.73. The predicted octanol–water partition coefficient (Wildman–Crippen LogP) is 1.72. The smallest absolute Gasteiger partial charge is 0.254 e. The van der Waals surface area contributed by atoms with Crippen LogP contribution in [-0.4, -0.2) is 54.3 Å². The molecule has 1 aromatic carbocycles. The molecule has 0 aromatic heterocycles. The van der Waals surface area contributed by atoms with Gasteiger partial charge in [0.25, 0.3) is 5.91 Å². The molecule has 1 aromatic rings. The molecule has 0 radical (unpaired) electrons. The number of amides is 2. The highest BCUT2D eigenvalue weighted by Gasteiger charge is 2.54. The van der Waals surface area contributed by atoms with Gasteiger partial charge in [0.2, 0.25) is 15.9 Å². The number of nitrogens with zero attached hydrogens (tertiary/aromatic N) is 2. The first-order valence-electron chi connectivity index (χ1n) is 10.1. The number of nitrogens with one attached hydrogen (secondary N) is 1. The zero-order valence-corrected chi connectivity index (χ0v) is 17.8. The number of hydrogen-bond donors (Lipinski definition) is 1. The van der Waals surface area contributed by atoms with Gasteiger partial charge in [0.15, 0.2) is 0 Å². The molecule has 0 unspecified atom stereocenters. The zero-order chi connectivity index (χ0) is 20.9. The first kappa shape index (κ1) is 20.1. The number of carbonyl (C=O) groups is 2. The van der Waals surface area contributed by atoms with E-state index in [0.29, 0.717) is 30.4 Å². The van der Waals surface area contributed by atoms with Crippen LogP contribution in [0.25, 0.3) is 0 Å². The van der Waals surface area contributed by atoms with Crippen LogP contribution in [0.15, 0.2) is 36.0 Å². The second-order valence-electron chi connectivity index (χ2n) is 8.52. The van der Waals surface area contributed by atoms with Gasteiger partial charge in [-0.25, -0.2) is 12.7 Å². The number of benzene rings is 1. The summed E-state index contributed by atoms with van der Waals surface area (Å²) < 4.78 is 25.4.